The van der Waals surface area contributed by atoms with Crippen molar-refractivity contribution < 1.29 is 14.3 Å². The fourth-order valence-electron chi connectivity index (χ4n) is 2.51. The summed E-state index contributed by atoms with van der Waals surface area (Å²) in [5.41, 5.74) is 1.22. The molecule has 1 aliphatic rings. The highest BCUT2D eigenvalue weighted by atomic mass is 16.6. The molecule has 2 amide bonds. The molecule has 0 bridgehead atoms. The van der Waals surface area contributed by atoms with Crippen LogP contribution in [-0.2, 0) is 9.53 Å². The second-order valence-electron chi connectivity index (χ2n) is 6.64. The van der Waals surface area contributed by atoms with E-state index in [1.54, 1.807) is 0 Å². The number of rotatable bonds is 2. The van der Waals surface area contributed by atoms with Gasteiger partial charge < -0.3 is 10.1 Å². The van der Waals surface area contributed by atoms with Gasteiger partial charge in [-0.1, -0.05) is 32.0 Å². The molecule has 0 spiro atoms. The minimum atomic E-state index is -0.559. The first-order valence-corrected chi connectivity index (χ1v) is 8.64. The summed E-state index contributed by atoms with van der Waals surface area (Å²) in [7, 11) is 0. The van der Waals surface area contributed by atoms with Crippen molar-refractivity contribution in [1.29, 1.82) is 0 Å². The molecule has 1 atom stereocenters. The van der Waals surface area contributed by atoms with Crippen LogP contribution in [0.3, 0.4) is 0 Å². The highest BCUT2D eigenvalue weighted by molar-refractivity contribution is 5.97. The van der Waals surface area contributed by atoms with Crippen LogP contribution in [0, 0.1) is 6.92 Å². The zero-order chi connectivity index (χ0) is 18.3. The Bertz CT molecular complexity index is 564. The minimum Gasteiger partial charge on any atom is -0.444 e. The molecular weight excluding hydrogens is 304 g/mol. The molecule has 2 rings (SSSR count). The molecule has 0 radical (unpaired) electrons. The maximum atomic E-state index is 12.5. The largest absolute Gasteiger partial charge is 0.444 e. The Kier molecular flexibility index (Phi) is 7.26. The van der Waals surface area contributed by atoms with Gasteiger partial charge >= 0.3 is 6.09 Å². The predicted octanol–water partition coefficient (Wildman–Crippen LogP) is 4.36. The van der Waals surface area contributed by atoms with E-state index in [9.17, 15) is 9.59 Å². The third-order valence-corrected chi connectivity index (χ3v) is 3.59. The van der Waals surface area contributed by atoms with E-state index in [4.69, 9.17) is 4.74 Å². The van der Waals surface area contributed by atoms with Crippen molar-refractivity contribution in [3.63, 3.8) is 0 Å². The molecule has 0 aromatic heterocycles. The maximum Gasteiger partial charge on any atom is 0.410 e. The average molecular weight is 334 g/mol. The number of nitrogens with one attached hydrogen (secondary N) is 1. The lowest BCUT2D eigenvalue weighted by Crippen LogP contribution is -2.45. The predicted molar refractivity (Wildman–Crippen MR) is 97.1 cm³/mol. The molecule has 5 heteroatoms. The standard InChI is InChI=1S/C17H24N2O3.C2H6/c1-12-8-5-6-9-13(12)18-15(20)14-10-7-11-19(14)16(21)22-17(2,3)4;1-2/h5-6,8-9,14H,7,10-11H2,1-4H3,(H,18,20);1-2H3. The number of benzene rings is 1. The third-order valence-electron chi connectivity index (χ3n) is 3.59. The van der Waals surface area contributed by atoms with Gasteiger partial charge in [-0.05, 0) is 52.2 Å². The number of carbonyl (C=O) groups excluding carboxylic acids is 2. The van der Waals surface area contributed by atoms with Crippen LogP contribution in [0.15, 0.2) is 24.3 Å². The first kappa shape index (κ1) is 20.0. The summed E-state index contributed by atoms with van der Waals surface area (Å²) < 4.78 is 5.38. The Hall–Kier alpha value is -2.04. The van der Waals surface area contributed by atoms with Crippen LogP contribution < -0.4 is 5.32 Å². The van der Waals surface area contributed by atoms with Crippen molar-refractivity contribution in [2.75, 3.05) is 11.9 Å². The van der Waals surface area contributed by atoms with Gasteiger partial charge in [0.1, 0.15) is 11.6 Å². The van der Waals surface area contributed by atoms with E-state index in [0.29, 0.717) is 13.0 Å². The van der Waals surface area contributed by atoms with Gasteiger partial charge in [-0.15, -0.1) is 0 Å². The van der Waals surface area contributed by atoms with Gasteiger partial charge in [0.05, 0.1) is 0 Å². The Morgan fingerprint density at radius 2 is 1.83 bits per heavy atom. The van der Waals surface area contributed by atoms with Gasteiger partial charge in [-0.2, -0.15) is 0 Å². The SMILES string of the molecule is CC.Cc1ccccc1NC(=O)C1CCCN1C(=O)OC(C)(C)C. The zero-order valence-electron chi connectivity index (χ0n) is 15.7. The van der Waals surface area contributed by atoms with Crippen molar-refractivity contribution in [3.8, 4) is 0 Å². The fourth-order valence-corrected chi connectivity index (χ4v) is 2.51. The number of aryl methyl sites for hydroxylation is 1. The molecular formula is C19H30N2O3. The van der Waals surface area contributed by atoms with Crippen LogP contribution in [-0.4, -0.2) is 35.1 Å². The molecule has 1 heterocycles. The Morgan fingerprint density at radius 1 is 1.21 bits per heavy atom. The van der Waals surface area contributed by atoms with Gasteiger partial charge in [0.25, 0.3) is 0 Å². The van der Waals surface area contributed by atoms with Crippen LogP contribution in [0.1, 0.15) is 53.0 Å². The summed E-state index contributed by atoms with van der Waals surface area (Å²) in [5, 5.41) is 2.91. The van der Waals surface area contributed by atoms with Crippen LogP contribution in [0.5, 0.6) is 0 Å². The Balaban J connectivity index is 0.00000139. The van der Waals surface area contributed by atoms with Gasteiger partial charge in [0.2, 0.25) is 5.91 Å². The second-order valence-corrected chi connectivity index (χ2v) is 6.64. The maximum absolute atomic E-state index is 12.5. The van der Waals surface area contributed by atoms with Gasteiger partial charge in [0.15, 0.2) is 0 Å². The number of para-hydroxylation sites is 1. The van der Waals surface area contributed by atoms with Gasteiger partial charge in [-0.3, -0.25) is 9.69 Å². The zero-order valence-corrected chi connectivity index (χ0v) is 15.7. The van der Waals surface area contributed by atoms with Crippen molar-refractivity contribution in [2.24, 2.45) is 0 Å². The lowest BCUT2D eigenvalue weighted by Gasteiger charge is -2.28. The van der Waals surface area contributed by atoms with Crippen LogP contribution in [0.4, 0.5) is 10.5 Å². The van der Waals surface area contributed by atoms with E-state index in [2.05, 4.69) is 5.32 Å². The fraction of sp³-hybridized carbons (Fsp3) is 0.579. The molecule has 1 saturated heterocycles. The second kappa shape index (κ2) is 8.71. The molecule has 1 N–H and O–H groups in total. The quantitative estimate of drug-likeness (QED) is 0.874. The monoisotopic (exact) mass is 334 g/mol. The number of carbonyl (C=O) groups is 2. The molecule has 1 aromatic rings. The minimum absolute atomic E-state index is 0.155. The van der Waals surface area contributed by atoms with Gasteiger partial charge in [0, 0.05) is 12.2 Å². The normalized spacial score (nSPS) is 16.9. The number of hydrogen-bond acceptors (Lipinski definition) is 3. The highest BCUT2D eigenvalue weighted by Crippen LogP contribution is 2.23. The number of ether oxygens (including phenoxy) is 1. The molecule has 0 aliphatic carbocycles. The molecule has 1 aliphatic heterocycles. The smallest absolute Gasteiger partial charge is 0.410 e. The Labute approximate surface area is 145 Å². The lowest BCUT2D eigenvalue weighted by atomic mass is 10.1. The summed E-state index contributed by atoms with van der Waals surface area (Å²) in [6.07, 6.45) is 1.05. The summed E-state index contributed by atoms with van der Waals surface area (Å²) >= 11 is 0. The van der Waals surface area contributed by atoms with Gasteiger partial charge in [-0.25, -0.2) is 4.79 Å². The first-order chi connectivity index (χ1) is 11.3. The lowest BCUT2D eigenvalue weighted by molar-refractivity contribution is -0.120. The summed E-state index contributed by atoms with van der Waals surface area (Å²) in [5.74, 6) is -0.155. The molecule has 1 aromatic carbocycles. The van der Waals surface area contributed by atoms with Crippen molar-refractivity contribution >= 4 is 17.7 Å². The topological polar surface area (TPSA) is 58.6 Å². The van der Waals surface area contributed by atoms with E-state index in [1.807, 2.05) is 65.8 Å². The van der Waals surface area contributed by atoms with Crippen LogP contribution in [0.2, 0.25) is 0 Å². The Morgan fingerprint density at radius 3 is 2.42 bits per heavy atom. The highest BCUT2D eigenvalue weighted by Gasteiger charge is 2.36. The summed E-state index contributed by atoms with van der Waals surface area (Å²) in [4.78, 5) is 26.2. The van der Waals surface area contributed by atoms with Crippen molar-refractivity contribution in [2.45, 2.75) is 66.0 Å². The van der Waals surface area contributed by atoms with Crippen molar-refractivity contribution in [1.82, 2.24) is 4.90 Å². The first-order valence-electron chi connectivity index (χ1n) is 8.64. The molecule has 24 heavy (non-hydrogen) atoms. The average Bonchev–Trinajstić information content (AvgIpc) is 3.00. The third kappa shape index (κ3) is 5.55. The summed E-state index contributed by atoms with van der Waals surface area (Å²) in [6.45, 7) is 12.0. The number of anilines is 1. The number of hydrogen-bond donors (Lipinski definition) is 1. The van der Waals surface area contributed by atoms with Crippen molar-refractivity contribution in [3.05, 3.63) is 29.8 Å². The van der Waals surface area contributed by atoms with E-state index in [0.717, 1.165) is 17.7 Å². The number of likely N-dealkylation sites (tertiary alicyclic amines) is 1. The molecule has 134 valence electrons. The molecule has 1 fully saturated rings. The number of amides is 2. The van der Waals surface area contributed by atoms with E-state index in [1.165, 1.54) is 4.90 Å². The van der Waals surface area contributed by atoms with Crippen LogP contribution in [0.25, 0.3) is 0 Å². The summed E-state index contributed by atoms with van der Waals surface area (Å²) in [6, 6.07) is 7.14. The van der Waals surface area contributed by atoms with E-state index >= 15 is 0 Å². The van der Waals surface area contributed by atoms with Crippen LogP contribution >= 0.6 is 0 Å². The van der Waals surface area contributed by atoms with E-state index < -0.39 is 17.7 Å². The molecule has 1 unspecified atom stereocenters. The molecule has 0 saturated carbocycles. The number of nitrogens with zero attached hydrogens (tertiary/aromatic N) is 1. The molecule has 5 nitrogen and oxygen atoms in total. The van der Waals surface area contributed by atoms with E-state index in [-0.39, 0.29) is 5.91 Å².